The first-order valence-electron chi connectivity index (χ1n) is 10.2. The number of hydrogen-bond donors (Lipinski definition) is 2. The van der Waals surface area contributed by atoms with E-state index >= 15 is 0 Å². The van der Waals surface area contributed by atoms with Crippen LogP contribution in [0.1, 0.15) is 33.4 Å². The second-order valence-electron chi connectivity index (χ2n) is 7.99. The molecule has 0 saturated heterocycles. The molecular weight excluding hydrogens is 368 g/mol. The lowest BCUT2D eigenvalue weighted by Crippen LogP contribution is -2.28. The van der Waals surface area contributed by atoms with Crippen LogP contribution in [0.5, 0.6) is 0 Å². The summed E-state index contributed by atoms with van der Waals surface area (Å²) in [5, 5.41) is 24.7. The minimum atomic E-state index is -1.33. The van der Waals surface area contributed by atoms with E-state index in [1.807, 2.05) is 109 Å². The van der Waals surface area contributed by atoms with Gasteiger partial charge in [-0.3, -0.25) is 0 Å². The van der Waals surface area contributed by atoms with E-state index in [0.717, 1.165) is 44.5 Å². The molecule has 0 radical (unpaired) electrons. The zero-order valence-electron chi connectivity index (χ0n) is 16.3. The quantitative estimate of drug-likeness (QED) is 0.502. The van der Waals surface area contributed by atoms with Crippen molar-refractivity contribution in [1.29, 1.82) is 0 Å². The van der Waals surface area contributed by atoms with Crippen LogP contribution >= 0.6 is 0 Å². The van der Waals surface area contributed by atoms with Gasteiger partial charge < -0.3 is 10.2 Å². The zero-order chi connectivity index (χ0) is 20.3. The standard InChI is InChI=1S/C28H20O2/c29-27(19-11-3-1-4-12-19)23-17-9-7-15-21(23)26-25(27)22-16-8-10-18-24(22)28(26,30)20-13-5-2-6-14-20/h1-18,29-30H/t27-,28+. The zero-order valence-corrected chi connectivity index (χ0v) is 16.3. The molecule has 30 heavy (non-hydrogen) atoms. The first-order valence-corrected chi connectivity index (χ1v) is 10.2. The van der Waals surface area contributed by atoms with Crippen molar-refractivity contribution in [3.8, 4) is 0 Å². The minimum absolute atomic E-state index is 0.775. The molecule has 2 aliphatic rings. The highest BCUT2D eigenvalue weighted by atomic mass is 16.3. The van der Waals surface area contributed by atoms with Crippen molar-refractivity contribution in [3.05, 3.63) is 143 Å². The van der Waals surface area contributed by atoms with Crippen LogP contribution in [-0.2, 0) is 11.2 Å². The molecule has 2 atom stereocenters. The lowest BCUT2D eigenvalue weighted by molar-refractivity contribution is 0.147. The second kappa shape index (κ2) is 6.02. The van der Waals surface area contributed by atoms with Gasteiger partial charge in [0.15, 0.2) is 0 Å². The molecule has 6 rings (SSSR count). The Morgan fingerprint density at radius 3 is 1.13 bits per heavy atom. The van der Waals surface area contributed by atoms with Gasteiger partial charge in [0.05, 0.1) is 0 Å². The van der Waals surface area contributed by atoms with E-state index in [2.05, 4.69) is 0 Å². The monoisotopic (exact) mass is 388 g/mol. The normalized spacial score (nSPS) is 23.8. The van der Waals surface area contributed by atoms with E-state index < -0.39 is 11.2 Å². The van der Waals surface area contributed by atoms with Crippen LogP contribution in [0.15, 0.2) is 109 Å². The Hall–Kier alpha value is -3.46. The lowest BCUT2D eigenvalue weighted by atomic mass is 9.78. The van der Waals surface area contributed by atoms with Gasteiger partial charge in [0.2, 0.25) is 0 Å². The largest absolute Gasteiger partial charge is 0.376 e. The maximum atomic E-state index is 12.3. The highest BCUT2D eigenvalue weighted by Crippen LogP contribution is 2.64. The first-order chi connectivity index (χ1) is 14.7. The lowest BCUT2D eigenvalue weighted by Gasteiger charge is -2.31. The Kier molecular flexibility index (Phi) is 3.49. The highest BCUT2D eigenvalue weighted by molar-refractivity contribution is 6.11. The van der Waals surface area contributed by atoms with Crippen molar-refractivity contribution >= 4 is 11.1 Å². The molecule has 4 aromatic carbocycles. The van der Waals surface area contributed by atoms with Crippen LogP contribution < -0.4 is 0 Å². The average Bonchev–Trinajstić information content (AvgIpc) is 3.26. The predicted molar refractivity (Wildman–Crippen MR) is 119 cm³/mol. The Labute approximate surface area is 175 Å². The molecular formula is C28H20O2. The average molecular weight is 388 g/mol. The van der Waals surface area contributed by atoms with Crippen LogP contribution in [0, 0.1) is 0 Å². The summed E-state index contributed by atoms with van der Waals surface area (Å²) in [7, 11) is 0. The summed E-state index contributed by atoms with van der Waals surface area (Å²) in [6, 6.07) is 35.3. The summed E-state index contributed by atoms with van der Waals surface area (Å²) in [6.07, 6.45) is 0. The molecule has 2 heteroatoms. The third-order valence-electron chi connectivity index (χ3n) is 6.53. The van der Waals surface area contributed by atoms with Crippen molar-refractivity contribution < 1.29 is 10.2 Å². The van der Waals surface area contributed by atoms with Crippen LogP contribution in [0.25, 0.3) is 11.1 Å². The molecule has 0 amide bonds. The number of benzene rings is 4. The van der Waals surface area contributed by atoms with Crippen LogP contribution in [0.4, 0.5) is 0 Å². The fourth-order valence-corrected chi connectivity index (χ4v) is 5.28. The van der Waals surface area contributed by atoms with Gasteiger partial charge in [0.1, 0.15) is 11.2 Å². The molecule has 0 aliphatic heterocycles. The van der Waals surface area contributed by atoms with Crippen molar-refractivity contribution in [2.24, 2.45) is 0 Å². The fraction of sp³-hybridized carbons (Fsp3) is 0.0714. The Morgan fingerprint density at radius 1 is 0.400 bits per heavy atom. The van der Waals surface area contributed by atoms with Gasteiger partial charge in [-0.2, -0.15) is 0 Å². The first kappa shape index (κ1) is 17.4. The van der Waals surface area contributed by atoms with Gasteiger partial charge in [0, 0.05) is 22.3 Å². The molecule has 0 bridgehead atoms. The Bertz CT molecular complexity index is 1200. The smallest absolute Gasteiger partial charge is 0.142 e. The summed E-state index contributed by atoms with van der Waals surface area (Å²) < 4.78 is 0. The van der Waals surface area contributed by atoms with E-state index in [1.54, 1.807) is 0 Å². The summed E-state index contributed by atoms with van der Waals surface area (Å²) >= 11 is 0. The van der Waals surface area contributed by atoms with Crippen molar-refractivity contribution in [1.82, 2.24) is 0 Å². The third kappa shape index (κ3) is 2.00. The van der Waals surface area contributed by atoms with Crippen LogP contribution in [-0.4, -0.2) is 10.2 Å². The Morgan fingerprint density at radius 2 is 0.733 bits per heavy atom. The highest BCUT2D eigenvalue weighted by Gasteiger charge is 2.57. The van der Waals surface area contributed by atoms with E-state index in [-0.39, 0.29) is 0 Å². The molecule has 0 unspecified atom stereocenters. The van der Waals surface area contributed by atoms with E-state index in [4.69, 9.17) is 0 Å². The number of aliphatic hydroxyl groups is 2. The molecule has 2 nitrogen and oxygen atoms in total. The van der Waals surface area contributed by atoms with E-state index in [0.29, 0.717) is 0 Å². The second-order valence-corrected chi connectivity index (χ2v) is 7.99. The van der Waals surface area contributed by atoms with Gasteiger partial charge >= 0.3 is 0 Å². The maximum Gasteiger partial charge on any atom is 0.142 e. The molecule has 2 aliphatic carbocycles. The molecule has 144 valence electrons. The van der Waals surface area contributed by atoms with E-state index in [1.165, 1.54) is 0 Å². The van der Waals surface area contributed by atoms with Crippen molar-refractivity contribution in [2.45, 2.75) is 11.2 Å². The topological polar surface area (TPSA) is 40.5 Å². The van der Waals surface area contributed by atoms with E-state index in [9.17, 15) is 10.2 Å². The predicted octanol–water partition coefficient (Wildman–Crippen LogP) is 5.10. The molecule has 2 N–H and O–H groups in total. The molecule has 4 aromatic rings. The van der Waals surface area contributed by atoms with Gasteiger partial charge in [-0.15, -0.1) is 0 Å². The van der Waals surface area contributed by atoms with Crippen molar-refractivity contribution in [2.75, 3.05) is 0 Å². The Balaban J connectivity index is 1.77. The summed E-state index contributed by atoms with van der Waals surface area (Å²) in [5.74, 6) is 0. The fourth-order valence-electron chi connectivity index (χ4n) is 5.28. The molecule has 0 spiro atoms. The van der Waals surface area contributed by atoms with Gasteiger partial charge in [-0.25, -0.2) is 0 Å². The third-order valence-corrected chi connectivity index (χ3v) is 6.53. The molecule has 0 fully saturated rings. The number of hydrogen-bond acceptors (Lipinski definition) is 2. The summed E-state index contributed by atoms with van der Waals surface area (Å²) in [4.78, 5) is 0. The summed E-state index contributed by atoms with van der Waals surface area (Å²) in [5.41, 5.74) is 3.89. The SMILES string of the molecule is O[C@@]1(c2ccccc2)C2=C(c3ccccc31)[C@](O)(c1ccccc1)c1ccccc12. The van der Waals surface area contributed by atoms with Crippen molar-refractivity contribution in [3.63, 3.8) is 0 Å². The van der Waals surface area contributed by atoms with Gasteiger partial charge in [-0.05, 0) is 22.3 Å². The van der Waals surface area contributed by atoms with Gasteiger partial charge in [-0.1, -0.05) is 109 Å². The molecule has 0 saturated carbocycles. The maximum absolute atomic E-state index is 12.3. The summed E-state index contributed by atoms with van der Waals surface area (Å²) in [6.45, 7) is 0. The minimum Gasteiger partial charge on any atom is -0.376 e. The van der Waals surface area contributed by atoms with Crippen LogP contribution in [0.2, 0.25) is 0 Å². The van der Waals surface area contributed by atoms with Crippen LogP contribution in [0.3, 0.4) is 0 Å². The molecule has 0 heterocycles. The number of rotatable bonds is 2. The number of fused-ring (bicyclic) bond motifs is 4. The van der Waals surface area contributed by atoms with Gasteiger partial charge in [0.25, 0.3) is 0 Å². The molecule has 0 aromatic heterocycles.